The zero-order valence-corrected chi connectivity index (χ0v) is 16.5. The molecule has 0 aromatic carbocycles. The Morgan fingerprint density at radius 3 is 1.57 bits per heavy atom. The van der Waals surface area contributed by atoms with Crippen LogP contribution in [0.3, 0.4) is 0 Å². The van der Waals surface area contributed by atoms with E-state index in [1.54, 1.807) is 0 Å². The van der Waals surface area contributed by atoms with Crippen molar-refractivity contribution in [3.05, 3.63) is 48.8 Å². The Kier molecular flexibility index (Phi) is 5.46. The van der Waals surface area contributed by atoms with Crippen LogP contribution >= 0.6 is 0 Å². The average Bonchev–Trinajstić information content (AvgIpc) is 3.26. The minimum Gasteiger partial charge on any atom is -0.478 e. The minimum atomic E-state index is 0.693. The average molecular weight is 378 g/mol. The predicted molar refractivity (Wildman–Crippen MR) is 111 cm³/mol. The quantitative estimate of drug-likeness (QED) is 0.403. The van der Waals surface area contributed by atoms with Crippen LogP contribution in [0.2, 0.25) is 0 Å². The Bertz CT molecular complexity index is 981. The fourth-order valence-electron chi connectivity index (χ4n) is 3.34. The van der Waals surface area contributed by atoms with Gasteiger partial charge in [0.05, 0.1) is 35.3 Å². The van der Waals surface area contributed by atoms with Crippen molar-refractivity contribution in [3.8, 4) is 11.8 Å². The van der Waals surface area contributed by atoms with Crippen LogP contribution in [0, 0.1) is 0 Å². The molecule has 0 bridgehead atoms. The van der Waals surface area contributed by atoms with Gasteiger partial charge in [-0.25, -0.2) is 9.97 Å². The summed E-state index contributed by atoms with van der Waals surface area (Å²) in [6, 6.07) is 12.0. The molecule has 0 radical (unpaired) electrons. The number of ether oxygens (including phenoxy) is 2. The molecule has 0 aliphatic rings. The SMILES string of the molecule is Cn1ccc2nc(OCCCCCCOc3ccc4c(ccn4C)n3)ccc21. The lowest BCUT2D eigenvalue weighted by Gasteiger charge is -2.07. The van der Waals surface area contributed by atoms with Crippen molar-refractivity contribution in [2.24, 2.45) is 14.1 Å². The molecule has 6 nitrogen and oxygen atoms in total. The van der Waals surface area contributed by atoms with Gasteiger partial charge in [-0.05, 0) is 49.9 Å². The highest BCUT2D eigenvalue weighted by atomic mass is 16.5. The first-order valence-electron chi connectivity index (χ1n) is 9.80. The highest BCUT2D eigenvalue weighted by Crippen LogP contribution is 2.18. The lowest BCUT2D eigenvalue weighted by Crippen LogP contribution is -2.01. The van der Waals surface area contributed by atoms with Gasteiger partial charge < -0.3 is 18.6 Å². The van der Waals surface area contributed by atoms with Gasteiger partial charge in [0.1, 0.15) is 0 Å². The maximum atomic E-state index is 5.78. The molecule has 4 aromatic rings. The van der Waals surface area contributed by atoms with E-state index in [2.05, 4.69) is 31.2 Å². The summed E-state index contributed by atoms with van der Waals surface area (Å²) in [6.07, 6.45) is 8.28. The lowest BCUT2D eigenvalue weighted by molar-refractivity contribution is 0.278. The van der Waals surface area contributed by atoms with Gasteiger partial charge in [0, 0.05) is 38.6 Å². The van der Waals surface area contributed by atoms with Crippen LogP contribution < -0.4 is 9.47 Å². The molecular formula is C22H26N4O2. The Morgan fingerprint density at radius 2 is 1.11 bits per heavy atom. The number of rotatable bonds is 9. The fourth-order valence-corrected chi connectivity index (χ4v) is 3.34. The summed E-state index contributed by atoms with van der Waals surface area (Å²) in [5.74, 6) is 1.40. The standard InChI is InChI=1S/C22H26N4O2/c1-25-13-11-17-19(25)7-9-21(23-17)27-15-5-3-4-6-16-28-22-10-8-20-18(24-22)12-14-26(20)2/h7-14H,3-6,15-16H2,1-2H3. The summed E-state index contributed by atoms with van der Waals surface area (Å²) in [6.45, 7) is 1.39. The normalized spacial score (nSPS) is 11.4. The maximum Gasteiger partial charge on any atom is 0.213 e. The van der Waals surface area contributed by atoms with E-state index in [4.69, 9.17) is 9.47 Å². The first kappa shape index (κ1) is 18.3. The molecule has 0 saturated carbocycles. The van der Waals surface area contributed by atoms with Crippen LogP contribution in [-0.2, 0) is 14.1 Å². The Morgan fingerprint density at radius 1 is 0.643 bits per heavy atom. The van der Waals surface area contributed by atoms with Crippen LogP contribution in [0.4, 0.5) is 0 Å². The number of aromatic nitrogens is 4. The second kappa shape index (κ2) is 8.33. The topological polar surface area (TPSA) is 54.1 Å². The summed E-state index contributed by atoms with van der Waals surface area (Å²) in [5.41, 5.74) is 4.18. The van der Waals surface area contributed by atoms with Gasteiger partial charge >= 0.3 is 0 Å². The van der Waals surface area contributed by atoms with E-state index in [9.17, 15) is 0 Å². The van der Waals surface area contributed by atoms with Crippen molar-refractivity contribution in [3.63, 3.8) is 0 Å². The fraction of sp³-hybridized carbons (Fsp3) is 0.364. The van der Waals surface area contributed by atoms with E-state index in [-0.39, 0.29) is 0 Å². The maximum absolute atomic E-state index is 5.78. The Balaban J connectivity index is 1.12. The minimum absolute atomic E-state index is 0.693. The highest BCUT2D eigenvalue weighted by Gasteiger charge is 2.03. The number of pyridine rings is 2. The predicted octanol–water partition coefficient (Wildman–Crippen LogP) is 4.48. The molecule has 4 aromatic heterocycles. The molecule has 0 N–H and O–H groups in total. The van der Waals surface area contributed by atoms with Gasteiger partial charge in [0.15, 0.2) is 0 Å². The molecule has 0 atom stereocenters. The zero-order chi connectivity index (χ0) is 19.3. The lowest BCUT2D eigenvalue weighted by atomic mass is 10.2. The number of hydrogen-bond acceptors (Lipinski definition) is 4. The van der Waals surface area contributed by atoms with Crippen molar-refractivity contribution < 1.29 is 9.47 Å². The van der Waals surface area contributed by atoms with Crippen molar-refractivity contribution in [1.29, 1.82) is 0 Å². The summed E-state index contributed by atoms with van der Waals surface area (Å²) < 4.78 is 15.7. The van der Waals surface area contributed by atoms with Gasteiger partial charge in [0.2, 0.25) is 11.8 Å². The summed E-state index contributed by atoms with van der Waals surface area (Å²) in [5, 5.41) is 0. The molecule has 0 aliphatic heterocycles. The van der Waals surface area contributed by atoms with Gasteiger partial charge in [-0.3, -0.25) is 0 Å². The van der Waals surface area contributed by atoms with Crippen molar-refractivity contribution in [2.45, 2.75) is 25.7 Å². The molecule has 0 saturated heterocycles. The molecular weight excluding hydrogens is 352 g/mol. The Labute approximate surface area is 164 Å². The first-order valence-corrected chi connectivity index (χ1v) is 9.80. The van der Waals surface area contributed by atoms with Crippen LogP contribution in [0.15, 0.2) is 48.8 Å². The molecule has 0 amide bonds. The monoisotopic (exact) mass is 378 g/mol. The Hall–Kier alpha value is -3.02. The third-order valence-corrected chi connectivity index (χ3v) is 4.96. The van der Waals surface area contributed by atoms with E-state index >= 15 is 0 Å². The third-order valence-electron chi connectivity index (χ3n) is 4.96. The van der Waals surface area contributed by atoms with Gasteiger partial charge in [-0.15, -0.1) is 0 Å². The molecule has 0 unspecified atom stereocenters. The third kappa shape index (κ3) is 4.11. The molecule has 0 spiro atoms. The van der Waals surface area contributed by atoms with Crippen molar-refractivity contribution >= 4 is 22.1 Å². The van der Waals surface area contributed by atoms with Crippen LogP contribution in [0.1, 0.15) is 25.7 Å². The van der Waals surface area contributed by atoms with Crippen molar-refractivity contribution in [2.75, 3.05) is 13.2 Å². The molecule has 6 heteroatoms. The molecule has 4 rings (SSSR count). The van der Waals surface area contributed by atoms with Gasteiger partial charge in [-0.2, -0.15) is 0 Å². The van der Waals surface area contributed by atoms with E-state index in [1.165, 1.54) is 0 Å². The number of nitrogens with zero attached hydrogens (tertiary/aromatic N) is 4. The first-order chi connectivity index (χ1) is 13.7. The van der Waals surface area contributed by atoms with Crippen molar-refractivity contribution in [1.82, 2.24) is 19.1 Å². The second-order valence-electron chi connectivity index (χ2n) is 7.07. The number of hydrogen-bond donors (Lipinski definition) is 0. The van der Waals surface area contributed by atoms with E-state index in [1.807, 2.05) is 50.8 Å². The summed E-state index contributed by atoms with van der Waals surface area (Å²) in [4.78, 5) is 9.06. The van der Waals surface area contributed by atoms with Gasteiger partial charge in [0.25, 0.3) is 0 Å². The molecule has 146 valence electrons. The molecule has 0 aliphatic carbocycles. The second-order valence-corrected chi connectivity index (χ2v) is 7.07. The van der Waals surface area contributed by atoms with Crippen LogP contribution in [0.25, 0.3) is 22.1 Å². The van der Waals surface area contributed by atoms with E-state index < -0.39 is 0 Å². The zero-order valence-electron chi connectivity index (χ0n) is 16.5. The molecule has 4 heterocycles. The van der Waals surface area contributed by atoms with E-state index in [0.717, 1.165) is 47.8 Å². The number of aryl methyl sites for hydroxylation is 2. The number of unbranched alkanes of at least 4 members (excludes halogenated alkanes) is 3. The largest absolute Gasteiger partial charge is 0.478 e. The van der Waals surface area contributed by atoms with E-state index in [0.29, 0.717) is 25.0 Å². The molecule has 0 fully saturated rings. The number of fused-ring (bicyclic) bond motifs is 2. The van der Waals surface area contributed by atoms with Crippen LogP contribution in [0.5, 0.6) is 11.8 Å². The van der Waals surface area contributed by atoms with Gasteiger partial charge in [-0.1, -0.05) is 0 Å². The highest BCUT2D eigenvalue weighted by molar-refractivity contribution is 5.76. The van der Waals surface area contributed by atoms with Crippen LogP contribution in [-0.4, -0.2) is 32.3 Å². The smallest absolute Gasteiger partial charge is 0.213 e. The summed E-state index contributed by atoms with van der Waals surface area (Å²) >= 11 is 0. The molecule has 28 heavy (non-hydrogen) atoms. The summed E-state index contributed by atoms with van der Waals surface area (Å²) in [7, 11) is 4.04.